The fourth-order valence-electron chi connectivity index (χ4n) is 2.05. The first-order valence-electron chi connectivity index (χ1n) is 6.85. The average Bonchev–Trinajstić information content (AvgIpc) is 2.48. The fourth-order valence-corrected chi connectivity index (χ4v) is 2.05. The topological polar surface area (TPSA) is 38.8 Å². The summed E-state index contributed by atoms with van der Waals surface area (Å²) in [6, 6.07) is 7.60. The SMILES string of the molecule is CCc1ccc(C(=O)OCCN2CCOCC2)cc1. The second kappa shape index (κ2) is 7.26. The van der Waals surface area contributed by atoms with Crippen LogP contribution in [0.2, 0.25) is 0 Å². The predicted octanol–water partition coefficient (Wildman–Crippen LogP) is 1.74. The summed E-state index contributed by atoms with van der Waals surface area (Å²) in [6.07, 6.45) is 0.979. The van der Waals surface area contributed by atoms with Crippen molar-refractivity contribution in [1.29, 1.82) is 0 Å². The van der Waals surface area contributed by atoms with E-state index in [0.717, 1.165) is 39.3 Å². The lowest BCUT2D eigenvalue weighted by molar-refractivity contribution is 0.0195. The van der Waals surface area contributed by atoms with Crippen molar-refractivity contribution < 1.29 is 14.3 Å². The lowest BCUT2D eigenvalue weighted by atomic mass is 10.1. The third kappa shape index (κ3) is 4.33. The van der Waals surface area contributed by atoms with Gasteiger partial charge in [-0.25, -0.2) is 4.79 Å². The molecule has 0 saturated carbocycles. The number of benzene rings is 1. The molecule has 0 atom stereocenters. The molecule has 2 rings (SSSR count). The molecule has 0 aliphatic carbocycles. The third-order valence-electron chi connectivity index (χ3n) is 3.34. The summed E-state index contributed by atoms with van der Waals surface area (Å²) in [5.41, 5.74) is 1.85. The maximum atomic E-state index is 11.8. The molecule has 0 bridgehead atoms. The molecule has 1 saturated heterocycles. The number of ether oxygens (including phenoxy) is 2. The van der Waals surface area contributed by atoms with Crippen molar-refractivity contribution in [3.8, 4) is 0 Å². The highest BCUT2D eigenvalue weighted by atomic mass is 16.5. The molecule has 4 heteroatoms. The van der Waals surface area contributed by atoms with Crippen LogP contribution in [0.3, 0.4) is 0 Å². The monoisotopic (exact) mass is 263 g/mol. The Labute approximate surface area is 114 Å². The number of carbonyl (C=O) groups excluding carboxylic acids is 1. The molecule has 1 aromatic rings. The molecule has 19 heavy (non-hydrogen) atoms. The van der Waals surface area contributed by atoms with Crippen molar-refractivity contribution >= 4 is 5.97 Å². The number of aryl methyl sites for hydroxylation is 1. The van der Waals surface area contributed by atoms with E-state index in [9.17, 15) is 4.79 Å². The Morgan fingerprint density at radius 2 is 1.95 bits per heavy atom. The highest BCUT2D eigenvalue weighted by molar-refractivity contribution is 5.89. The van der Waals surface area contributed by atoms with Crippen LogP contribution >= 0.6 is 0 Å². The summed E-state index contributed by atoms with van der Waals surface area (Å²) in [5, 5.41) is 0. The van der Waals surface area contributed by atoms with Crippen LogP contribution in [0.4, 0.5) is 0 Å². The minimum absolute atomic E-state index is 0.240. The standard InChI is InChI=1S/C15H21NO3/c1-2-13-3-5-14(6-4-13)15(17)19-12-9-16-7-10-18-11-8-16/h3-6H,2,7-12H2,1H3. The summed E-state index contributed by atoms with van der Waals surface area (Å²) >= 11 is 0. The molecule has 1 aliphatic heterocycles. The van der Waals surface area contributed by atoms with Crippen LogP contribution in [0, 0.1) is 0 Å². The maximum absolute atomic E-state index is 11.8. The second-order valence-corrected chi connectivity index (χ2v) is 4.64. The summed E-state index contributed by atoms with van der Waals surface area (Å²) < 4.78 is 10.6. The van der Waals surface area contributed by atoms with E-state index in [4.69, 9.17) is 9.47 Å². The van der Waals surface area contributed by atoms with E-state index in [1.807, 2.05) is 24.3 Å². The van der Waals surface area contributed by atoms with Crippen molar-refractivity contribution in [3.05, 3.63) is 35.4 Å². The molecule has 1 heterocycles. The summed E-state index contributed by atoms with van der Waals surface area (Å²) in [6.45, 7) is 6.69. The van der Waals surface area contributed by atoms with Crippen LogP contribution in [0.1, 0.15) is 22.8 Å². The molecule has 0 radical (unpaired) electrons. The van der Waals surface area contributed by atoms with Crippen molar-refractivity contribution in [2.75, 3.05) is 39.5 Å². The molecular weight excluding hydrogens is 242 g/mol. The van der Waals surface area contributed by atoms with Gasteiger partial charge in [0.15, 0.2) is 0 Å². The van der Waals surface area contributed by atoms with Crippen molar-refractivity contribution in [2.24, 2.45) is 0 Å². The van der Waals surface area contributed by atoms with Crippen molar-refractivity contribution in [2.45, 2.75) is 13.3 Å². The van der Waals surface area contributed by atoms with E-state index >= 15 is 0 Å². The van der Waals surface area contributed by atoms with E-state index < -0.39 is 0 Å². The lowest BCUT2D eigenvalue weighted by Crippen LogP contribution is -2.38. The Bertz CT molecular complexity index is 396. The number of carbonyl (C=O) groups is 1. The zero-order valence-corrected chi connectivity index (χ0v) is 11.4. The first-order valence-corrected chi connectivity index (χ1v) is 6.85. The molecule has 104 valence electrons. The Morgan fingerprint density at radius 3 is 2.58 bits per heavy atom. The normalized spacial score (nSPS) is 16.3. The van der Waals surface area contributed by atoms with Gasteiger partial charge in [0, 0.05) is 19.6 Å². The zero-order valence-electron chi connectivity index (χ0n) is 11.4. The van der Waals surface area contributed by atoms with Gasteiger partial charge in [-0.3, -0.25) is 4.90 Å². The van der Waals surface area contributed by atoms with Crippen LogP contribution in [-0.4, -0.2) is 50.3 Å². The lowest BCUT2D eigenvalue weighted by Gasteiger charge is -2.26. The van der Waals surface area contributed by atoms with Crippen LogP contribution in [-0.2, 0) is 15.9 Å². The smallest absolute Gasteiger partial charge is 0.338 e. The quantitative estimate of drug-likeness (QED) is 0.759. The van der Waals surface area contributed by atoms with E-state index in [0.29, 0.717) is 12.2 Å². The largest absolute Gasteiger partial charge is 0.461 e. The van der Waals surface area contributed by atoms with E-state index in [2.05, 4.69) is 11.8 Å². The number of rotatable bonds is 5. The van der Waals surface area contributed by atoms with Gasteiger partial charge in [-0.05, 0) is 24.1 Å². The Hall–Kier alpha value is -1.39. The maximum Gasteiger partial charge on any atom is 0.338 e. The molecule has 0 N–H and O–H groups in total. The zero-order chi connectivity index (χ0) is 13.5. The van der Waals surface area contributed by atoms with Gasteiger partial charge >= 0.3 is 5.97 Å². The van der Waals surface area contributed by atoms with Crippen LogP contribution in [0.15, 0.2) is 24.3 Å². The van der Waals surface area contributed by atoms with E-state index in [-0.39, 0.29) is 5.97 Å². The fraction of sp³-hybridized carbons (Fsp3) is 0.533. The molecular formula is C15H21NO3. The molecule has 0 aromatic heterocycles. The molecule has 0 amide bonds. The second-order valence-electron chi connectivity index (χ2n) is 4.64. The van der Waals surface area contributed by atoms with Crippen LogP contribution < -0.4 is 0 Å². The minimum Gasteiger partial charge on any atom is -0.461 e. The number of esters is 1. The molecule has 4 nitrogen and oxygen atoms in total. The summed E-state index contributed by atoms with van der Waals surface area (Å²) in [5.74, 6) is -0.240. The van der Waals surface area contributed by atoms with Crippen molar-refractivity contribution in [1.82, 2.24) is 4.90 Å². The first kappa shape index (κ1) is 14.0. The van der Waals surface area contributed by atoms with Gasteiger partial charge in [0.1, 0.15) is 6.61 Å². The summed E-state index contributed by atoms with van der Waals surface area (Å²) in [4.78, 5) is 14.1. The summed E-state index contributed by atoms with van der Waals surface area (Å²) in [7, 11) is 0. The third-order valence-corrected chi connectivity index (χ3v) is 3.34. The molecule has 1 fully saturated rings. The van der Waals surface area contributed by atoms with Gasteiger partial charge in [-0.15, -0.1) is 0 Å². The average molecular weight is 263 g/mol. The van der Waals surface area contributed by atoms with Gasteiger partial charge in [0.2, 0.25) is 0 Å². The minimum atomic E-state index is -0.240. The van der Waals surface area contributed by atoms with Crippen LogP contribution in [0.25, 0.3) is 0 Å². The highest BCUT2D eigenvalue weighted by Gasteiger charge is 2.11. The number of morpholine rings is 1. The predicted molar refractivity (Wildman–Crippen MR) is 73.4 cm³/mol. The number of hydrogen-bond acceptors (Lipinski definition) is 4. The first-order chi connectivity index (χ1) is 9.29. The number of hydrogen-bond donors (Lipinski definition) is 0. The van der Waals surface area contributed by atoms with Gasteiger partial charge in [0.25, 0.3) is 0 Å². The van der Waals surface area contributed by atoms with E-state index in [1.165, 1.54) is 5.56 Å². The Kier molecular flexibility index (Phi) is 5.36. The van der Waals surface area contributed by atoms with Gasteiger partial charge in [-0.1, -0.05) is 19.1 Å². The highest BCUT2D eigenvalue weighted by Crippen LogP contribution is 2.06. The molecule has 1 aliphatic rings. The van der Waals surface area contributed by atoms with E-state index in [1.54, 1.807) is 0 Å². The molecule has 0 spiro atoms. The Balaban J connectivity index is 1.73. The van der Waals surface area contributed by atoms with Gasteiger partial charge in [0.05, 0.1) is 18.8 Å². The van der Waals surface area contributed by atoms with Gasteiger partial charge < -0.3 is 9.47 Å². The van der Waals surface area contributed by atoms with Gasteiger partial charge in [-0.2, -0.15) is 0 Å². The van der Waals surface area contributed by atoms with Crippen LogP contribution in [0.5, 0.6) is 0 Å². The molecule has 1 aromatic carbocycles. The molecule has 0 unspecified atom stereocenters. The Morgan fingerprint density at radius 1 is 1.26 bits per heavy atom. The van der Waals surface area contributed by atoms with Crippen molar-refractivity contribution in [3.63, 3.8) is 0 Å². The number of nitrogens with zero attached hydrogens (tertiary/aromatic N) is 1.